The molecule has 0 saturated carbocycles. The number of anilines is 1. The molecule has 0 radical (unpaired) electrons. The summed E-state index contributed by atoms with van der Waals surface area (Å²) in [6.45, 7) is 8.46. The Kier molecular flexibility index (Phi) is 6.73. The van der Waals surface area contributed by atoms with Crippen LogP contribution < -0.4 is 5.32 Å². The summed E-state index contributed by atoms with van der Waals surface area (Å²) in [6, 6.07) is 14.7. The van der Waals surface area contributed by atoms with E-state index in [-0.39, 0.29) is 22.8 Å². The number of rotatable bonds is 4. The van der Waals surface area contributed by atoms with Gasteiger partial charge in [-0.25, -0.2) is 9.38 Å². The van der Waals surface area contributed by atoms with Gasteiger partial charge in [-0.3, -0.25) is 9.79 Å². The van der Waals surface area contributed by atoms with E-state index in [0.717, 1.165) is 42.3 Å². The number of halogens is 1. The number of amides is 1. The van der Waals surface area contributed by atoms with Crippen molar-refractivity contribution in [1.29, 1.82) is 0 Å². The molecule has 1 N–H and O–H groups in total. The van der Waals surface area contributed by atoms with Gasteiger partial charge in [0, 0.05) is 31.5 Å². The van der Waals surface area contributed by atoms with E-state index < -0.39 is 11.5 Å². The van der Waals surface area contributed by atoms with Crippen LogP contribution in [0.25, 0.3) is 0 Å². The number of piperidine rings is 1. The summed E-state index contributed by atoms with van der Waals surface area (Å²) in [7, 11) is 2.12. The lowest BCUT2D eigenvalue weighted by molar-refractivity contribution is -0.113. The van der Waals surface area contributed by atoms with Crippen LogP contribution in [0.3, 0.4) is 0 Å². The van der Waals surface area contributed by atoms with E-state index in [1.165, 1.54) is 23.4 Å². The Labute approximate surface area is 199 Å². The largest absolute Gasteiger partial charge is 0.323 e. The summed E-state index contributed by atoms with van der Waals surface area (Å²) in [5, 5.41) is 3.44. The number of hydrogen-bond acceptors (Lipinski definition) is 5. The van der Waals surface area contributed by atoms with Gasteiger partial charge in [0.05, 0.1) is 17.2 Å². The molecule has 4 rings (SSSR count). The first-order valence-corrected chi connectivity index (χ1v) is 12.3. The topological polar surface area (TPSA) is 57.1 Å². The number of carbonyl (C=O) groups is 1. The molecule has 0 bridgehead atoms. The van der Waals surface area contributed by atoms with Crippen LogP contribution in [-0.4, -0.2) is 53.1 Å². The average Bonchev–Trinajstić information content (AvgIpc) is 3.14. The molecule has 1 saturated heterocycles. The van der Waals surface area contributed by atoms with E-state index >= 15 is 0 Å². The van der Waals surface area contributed by atoms with Gasteiger partial charge < -0.3 is 10.2 Å². The van der Waals surface area contributed by atoms with Crippen molar-refractivity contribution >= 4 is 34.1 Å². The smallest absolute Gasteiger partial charge is 0.234 e. The number of benzene rings is 2. The second-order valence-corrected chi connectivity index (χ2v) is 10.8. The maximum absolute atomic E-state index is 13.9. The van der Waals surface area contributed by atoms with Crippen LogP contribution in [0.2, 0.25) is 0 Å². The van der Waals surface area contributed by atoms with Crippen molar-refractivity contribution in [2.75, 3.05) is 31.2 Å². The van der Waals surface area contributed by atoms with Gasteiger partial charge in [0.15, 0.2) is 5.66 Å². The number of nitrogens with one attached hydrogen (secondary N) is 1. The van der Waals surface area contributed by atoms with Crippen molar-refractivity contribution in [3.63, 3.8) is 0 Å². The predicted octanol–water partition coefficient (Wildman–Crippen LogP) is 5.12. The van der Waals surface area contributed by atoms with Crippen molar-refractivity contribution in [1.82, 2.24) is 4.90 Å². The van der Waals surface area contributed by atoms with Gasteiger partial charge in [-0.2, -0.15) is 0 Å². The van der Waals surface area contributed by atoms with Crippen LogP contribution in [0.1, 0.15) is 44.7 Å². The van der Waals surface area contributed by atoms with Crippen LogP contribution in [-0.2, 0) is 10.2 Å². The van der Waals surface area contributed by atoms with Gasteiger partial charge >= 0.3 is 0 Å². The third-order valence-corrected chi connectivity index (χ3v) is 7.10. The highest BCUT2D eigenvalue weighted by Crippen LogP contribution is 2.35. The first-order chi connectivity index (χ1) is 15.7. The van der Waals surface area contributed by atoms with E-state index in [1.54, 1.807) is 18.2 Å². The lowest BCUT2D eigenvalue weighted by Gasteiger charge is -2.33. The summed E-state index contributed by atoms with van der Waals surface area (Å²) in [6.07, 6.45) is 1.72. The van der Waals surface area contributed by atoms with Crippen molar-refractivity contribution in [2.45, 2.75) is 44.7 Å². The second-order valence-electron chi connectivity index (χ2n) is 9.81. The highest BCUT2D eigenvalue weighted by Gasteiger charge is 2.39. The Morgan fingerprint density at radius 1 is 1.09 bits per heavy atom. The Morgan fingerprint density at radius 3 is 2.39 bits per heavy atom. The molecule has 33 heavy (non-hydrogen) atoms. The van der Waals surface area contributed by atoms with Gasteiger partial charge in [-0.05, 0) is 30.2 Å². The van der Waals surface area contributed by atoms with Gasteiger partial charge in [-0.15, -0.1) is 0 Å². The molecule has 1 amide bonds. The average molecular weight is 467 g/mol. The molecule has 2 heterocycles. The molecule has 0 unspecified atom stereocenters. The lowest BCUT2D eigenvalue weighted by atomic mass is 9.86. The number of hydrogen-bond donors (Lipinski definition) is 1. The van der Waals surface area contributed by atoms with Crippen molar-refractivity contribution in [2.24, 2.45) is 9.98 Å². The molecule has 1 fully saturated rings. The van der Waals surface area contributed by atoms with Crippen molar-refractivity contribution in [3.05, 3.63) is 65.5 Å². The third-order valence-electron chi connectivity index (χ3n) is 6.13. The van der Waals surface area contributed by atoms with Crippen molar-refractivity contribution < 1.29 is 9.18 Å². The molecule has 5 nitrogen and oxygen atoms in total. The van der Waals surface area contributed by atoms with E-state index in [2.05, 4.69) is 62.3 Å². The molecule has 174 valence electrons. The Morgan fingerprint density at radius 2 is 1.76 bits per heavy atom. The number of nitrogens with zero attached hydrogens (tertiary/aromatic N) is 3. The minimum Gasteiger partial charge on any atom is -0.323 e. The molecule has 2 aliphatic rings. The molecule has 2 aliphatic heterocycles. The summed E-state index contributed by atoms with van der Waals surface area (Å²) in [4.78, 5) is 25.0. The fourth-order valence-corrected chi connectivity index (χ4v) is 4.90. The van der Waals surface area contributed by atoms with Crippen molar-refractivity contribution in [3.8, 4) is 0 Å². The molecule has 0 aromatic heterocycles. The maximum atomic E-state index is 13.9. The van der Waals surface area contributed by atoms with Gasteiger partial charge in [0.2, 0.25) is 5.91 Å². The minimum atomic E-state index is -0.450. The Bertz CT molecular complexity index is 1080. The third kappa shape index (κ3) is 5.53. The quantitative estimate of drug-likeness (QED) is 0.681. The van der Waals surface area contributed by atoms with E-state index in [1.807, 2.05) is 0 Å². The number of para-hydroxylation sites is 1. The van der Waals surface area contributed by atoms with Crippen LogP contribution in [0.4, 0.5) is 10.1 Å². The SMILES string of the molecule is CN1CCC2(CC1)N=C(SCC(=O)Nc1ccccc1F)C(c1ccc(C(C)(C)C)cc1)=N2. The lowest BCUT2D eigenvalue weighted by Crippen LogP contribution is -2.39. The molecular formula is C26H31FN4OS. The van der Waals surface area contributed by atoms with Crippen LogP contribution >= 0.6 is 11.8 Å². The standard InChI is InChI=1S/C26H31FN4OS/c1-25(2,3)19-11-9-18(10-12-19)23-24(30-26(29-23)13-15-31(4)16-14-26)33-17-22(32)28-21-8-6-5-7-20(21)27/h5-12H,13-17H2,1-4H3,(H,28,32). The highest BCUT2D eigenvalue weighted by atomic mass is 32.2. The summed E-state index contributed by atoms with van der Waals surface area (Å²) < 4.78 is 13.9. The second kappa shape index (κ2) is 9.39. The van der Waals surface area contributed by atoms with E-state index in [9.17, 15) is 9.18 Å². The summed E-state index contributed by atoms with van der Waals surface area (Å²) >= 11 is 1.37. The van der Waals surface area contributed by atoms with Crippen LogP contribution in [0.15, 0.2) is 58.5 Å². The Balaban J connectivity index is 1.54. The number of aliphatic imine (C=N–C) groups is 2. The Hall–Kier alpha value is -2.51. The molecule has 2 aromatic carbocycles. The number of thioether (sulfide) groups is 1. The molecule has 7 heteroatoms. The van der Waals surface area contributed by atoms with Gasteiger partial charge in [-0.1, -0.05) is 68.9 Å². The first kappa shape index (κ1) is 23.6. The molecule has 0 atom stereocenters. The summed E-state index contributed by atoms with van der Waals surface area (Å²) in [5.41, 5.74) is 2.93. The fraction of sp³-hybridized carbons (Fsp3) is 0.423. The molecular weight excluding hydrogens is 435 g/mol. The number of likely N-dealkylation sites (tertiary alicyclic amines) is 1. The van der Waals surface area contributed by atoms with Gasteiger partial charge in [0.1, 0.15) is 10.9 Å². The maximum Gasteiger partial charge on any atom is 0.234 e. The van der Waals surface area contributed by atoms with E-state index in [4.69, 9.17) is 9.98 Å². The minimum absolute atomic E-state index is 0.0711. The van der Waals surface area contributed by atoms with Crippen LogP contribution in [0, 0.1) is 5.82 Å². The van der Waals surface area contributed by atoms with E-state index in [0.29, 0.717) is 0 Å². The zero-order valence-corrected chi connectivity index (χ0v) is 20.5. The number of carbonyl (C=O) groups excluding carboxylic acids is 1. The zero-order valence-electron chi connectivity index (χ0n) is 19.7. The predicted molar refractivity (Wildman–Crippen MR) is 136 cm³/mol. The molecule has 1 spiro atoms. The highest BCUT2D eigenvalue weighted by molar-refractivity contribution is 8.16. The fourth-order valence-electron chi connectivity index (χ4n) is 4.02. The summed E-state index contributed by atoms with van der Waals surface area (Å²) in [5.74, 6) is -0.567. The first-order valence-electron chi connectivity index (χ1n) is 11.3. The monoisotopic (exact) mass is 466 g/mol. The van der Waals surface area contributed by atoms with Crippen LogP contribution in [0.5, 0.6) is 0 Å². The molecule has 0 aliphatic carbocycles. The zero-order chi connectivity index (χ0) is 23.6. The van der Waals surface area contributed by atoms with Gasteiger partial charge in [0.25, 0.3) is 0 Å². The molecule has 2 aromatic rings. The normalized spacial score (nSPS) is 18.2.